The number of nitrogen functional groups attached to an aromatic ring is 1. The van der Waals surface area contributed by atoms with Crippen molar-refractivity contribution in [2.24, 2.45) is 0 Å². The number of hydrogen-bond acceptors (Lipinski definition) is 7. The molecule has 194 valence electrons. The fourth-order valence-corrected chi connectivity index (χ4v) is 5.06. The topological polar surface area (TPSA) is 97.1 Å². The van der Waals surface area contributed by atoms with Crippen molar-refractivity contribution in [1.29, 1.82) is 0 Å². The number of hydrogen-bond donors (Lipinski definition) is 2. The second kappa shape index (κ2) is 11.6. The molecule has 2 aliphatic rings. The first-order valence-electron chi connectivity index (χ1n) is 13.0. The molecule has 2 heterocycles. The number of piperidine rings is 1. The van der Waals surface area contributed by atoms with Gasteiger partial charge in [-0.1, -0.05) is 24.3 Å². The molecule has 8 nitrogen and oxygen atoms in total. The molecule has 0 aliphatic carbocycles. The summed E-state index contributed by atoms with van der Waals surface area (Å²) < 4.78 is 11.5. The van der Waals surface area contributed by atoms with Gasteiger partial charge in [-0.3, -0.25) is 14.5 Å². The molecule has 2 aliphatic heterocycles. The number of amides is 1. The molecule has 0 atom stereocenters. The number of nitrogens with two attached hydrogens (primary N) is 1. The number of anilines is 3. The van der Waals surface area contributed by atoms with Gasteiger partial charge in [0, 0.05) is 60.7 Å². The summed E-state index contributed by atoms with van der Waals surface area (Å²) in [4.78, 5) is 30.9. The molecule has 1 amide bonds. The number of ketones is 1. The lowest BCUT2D eigenvalue weighted by molar-refractivity contribution is -0.112. The number of carbonyl (C=O) groups excluding carboxylic acids is 2. The summed E-state index contributed by atoms with van der Waals surface area (Å²) in [7, 11) is 0. The Labute approximate surface area is 217 Å². The molecule has 2 fully saturated rings. The second-order valence-corrected chi connectivity index (χ2v) is 9.60. The minimum Gasteiger partial charge on any atom is -0.492 e. The summed E-state index contributed by atoms with van der Waals surface area (Å²) >= 11 is 0. The van der Waals surface area contributed by atoms with Crippen LogP contribution in [0.3, 0.4) is 0 Å². The molecule has 37 heavy (non-hydrogen) atoms. The molecule has 0 spiro atoms. The summed E-state index contributed by atoms with van der Waals surface area (Å²) in [5.74, 6) is -0.595. The first-order chi connectivity index (χ1) is 18.1. The van der Waals surface area contributed by atoms with E-state index in [2.05, 4.69) is 15.1 Å². The number of carbonyl (C=O) groups is 2. The average Bonchev–Trinajstić information content (AvgIpc) is 2.93. The molecule has 5 rings (SSSR count). The third-order valence-electron chi connectivity index (χ3n) is 7.02. The predicted molar refractivity (Wildman–Crippen MR) is 147 cm³/mol. The Morgan fingerprint density at radius 1 is 0.919 bits per heavy atom. The van der Waals surface area contributed by atoms with E-state index >= 15 is 0 Å². The van der Waals surface area contributed by atoms with E-state index in [1.54, 1.807) is 18.2 Å². The van der Waals surface area contributed by atoms with Gasteiger partial charge in [0.15, 0.2) is 0 Å². The number of nitrogens with one attached hydrogen (secondary N) is 1. The molecular weight excluding hydrogens is 468 g/mol. The Bertz CT molecular complexity index is 1270. The maximum absolute atomic E-state index is 13.3. The van der Waals surface area contributed by atoms with Gasteiger partial charge in [0.05, 0.1) is 13.2 Å². The highest BCUT2D eigenvalue weighted by Crippen LogP contribution is 2.30. The molecule has 3 N–H and O–H groups in total. The lowest BCUT2D eigenvalue weighted by Crippen LogP contribution is -2.38. The fraction of sp³-hybridized carbons (Fsp3) is 0.379. The number of benzene rings is 3. The van der Waals surface area contributed by atoms with Gasteiger partial charge in [0.2, 0.25) is 0 Å². The average molecular weight is 503 g/mol. The number of rotatable bonds is 8. The van der Waals surface area contributed by atoms with Crippen LogP contribution in [0.15, 0.2) is 54.6 Å². The quantitative estimate of drug-likeness (QED) is 0.274. The van der Waals surface area contributed by atoms with Gasteiger partial charge in [0.25, 0.3) is 11.7 Å². The number of nitrogens with zero attached hydrogens (tertiary/aromatic N) is 2. The summed E-state index contributed by atoms with van der Waals surface area (Å²) in [6.07, 6.45) is 3.49. The zero-order valence-corrected chi connectivity index (χ0v) is 21.1. The lowest BCUT2D eigenvalue weighted by atomic mass is 10.00. The van der Waals surface area contributed by atoms with E-state index in [9.17, 15) is 9.59 Å². The Hall–Kier alpha value is -3.62. The Kier molecular flexibility index (Phi) is 7.87. The SMILES string of the molecule is Nc1cc(NC(=O)C(=O)c2ccc(OCCN3CCOCC3)c3ccccc23)cc(N2CCCCC2)c1. The van der Waals surface area contributed by atoms with Crippen LogP contribution in [0.2, 0.25) is 0 Å². The molecule has 0 radical (unpaired) electrons. The van der Waals surface area contributed by atoms with Crippen molar-refractivity contribution < 1.29 is 19.1 Å². The number of fused-ring (bicyclic) bond motifs is 1. The van der Waals surface area contributed by atoms with Crippen LogP contribution in [0.25, 0.3) is 10.8 Å². The lowest BCUT2D eigenvalue weighted by Gasteiger charge is -2.29. The van der Waals surface area contributed by atoms with Crippen LogP contribution in [-0.2, 0) is 9.53 Å². The Morgan fingerprint density at radius 2 is 1.68 bits per heavy atom. The summed E-state index contributed by atoms with van der Waals surface area (Å²) in [5.41, 5.74) is 8.50. The van der Waals surface area contributed by atoms with Gasteiger partial charge in [-0.05, 0) is 55.0 Å². The van der Waals surface area contributed by atoms with Crippen molar-refractivity contribution in [3.05, 3.63) is 60.2 Å². The zero-order valence-electron chi connectivity index (χ0n) is 21.1. The second-order valence-electron chi connectivity index (χ2n) is 9.60. The van der Waals surface area contributed by atoms with Crippen LogP contribution in [0.4, 0.5) is 17.1 Å². The maximum atomic E-state index is 13.3. The van der Waals surface area contributed by atoms with E-state index in [-0.39, 0.29) is 0 Å². The zero-order chi connectivity index (χ0) is 25.6. The van der Waals surface area contributed by atoms with Crippen LogP contribution in [0, 0.1) is 0 Å². The van der Waals surface area contributed by atoms with Crippen LogP contribution in [0.5, 0.6) is 5.75 Å². The smallest absolute Gasteiger partial charge is 0.296 e. The van der Waals surface area contributed by atoms with Crippen molar-refractivity contribution in [2.75, 3.05) is 68.5 Å². The van der Waals surface area contributed by atoms with Gasteiger partial charge in [-0.2, -0.15) is 0 Å². The van der Waals surface area contributed by atoms with Crippen LogP contribution in [0.1, 0.15) is 29.6 Å². The monoisotopic (exact) mass is 502 g/mol. The van der Waals surface area contributed by atoms with Crippen molar-refractivity contribution in [1.82, 2.24) is 4.90 Å². The van der Waals surface area contributed by atoms with Crippen LogP contribution < -0.4 is 20.7 Å². The molecule has 0 saturated carbocycles. The van der Waals surface area contributed by atoms with Gasteiger partial charge in [0.1, 0.15) is 12.4 Å². The van der Waals surface area contributed by atoms with E-state index < -0.39 is 11.7 Å². The fourth-order valence-electron chi connectivity index (χ4n) is 5.06. The molecule has 3 aromatic rings. The molecule has 0 aromatic heterocycles. The third kappa shape index (κ3) is 6.03. The maximum Gasteiger partial charge on any atom is 0.296 e. The minimum atomic E-state index is -0.693. The van der Waals surface area contributed by atoms with Gasteiger partial charge in [-0.15, -0.1) is 0 Å². The first kappa shape index (κ1) is 25.0. The summed E-state index contributed by atoms with van der Waals surface area (Å²) in [6, 6.07) is 16.4. The number of Topliss-reactive ketones (excluding diaryl/α,β-unsaturated/α-hetero) is 1. The van der Waals surface area contributed by atoms with Crippen LogP contribution in [-0.4, -0.2) is 69.1 Å². The van der Waals surface area contributed by atoms with E-state index in [0.717, 1.165) is 69.9 Å². The Balaban J connectivity index is 1.30. The molecule has 8 heteroatoms. The highest BCUT2D eigenvalue weighted by molar-refractivity contribution is 6.48. The van der Waals surface area contributed by atoms with Gasteiger partial charge >= 0.3 is 0 Å². The molecule has 3 aromatic carbocycles. The Morgan fingerprint density at radius 3 is 2.46 bits per heavy atom. The highest BCUT2D eigenvalue weighted by Gasteiger charge is 2.21. The van der Waals surface area contributed by atoms with E-state index in [1.807, 2.05) is 36.4 Å². The van der Waals surface area contributed by atoms with E-state index in [0.29, 0.717) is 34.7 Å². The van der Waals surface area contributed by atoms with Crippen molar-refractivity contribution in [2.45, 2.75) is 19.3 Å². The molecule has 2 saturated heterocycles. The van der Waals surface area contributed by atoms with Gasteiger partial charge < -0.3 is 25.4 Å². The van der Waals surface area contributed by atoms with Crippen molar-refractivity contribution in [3.8, 4) is 5.75 Å². The summed E-state index contributed by atoms with van der Waals surface area (Å²) in [5, 5.41) is 4.26. The molecule has 0 unspecified atom stereocenters. The number of morpholine rings is 1. The van der Waals surface area contributed by atoms with Crippen molar-refractivity contribution in [3.63, 3.8) is 0 Å². The predicted octanol–water partition coefficient (Wildman–Crippen LogP) is 3.94. The molecule has 0 bridgehead atoms. The molecular formula is C29H34N4O4. The van der Waals surface area contributed by atoms with E-state index in [1.165, 1.54) is 6.42 Å². The number of ether oxygens (including phenoxy) is 2. The normalized spacial score (nSPS) is 16.5. The summed E-state index contributed by atoms with van der Waals surface area (Å²) in [6.45, 7) is 6.56. The standard InChI is InChI=1S/C29H34N4O4/c30-21-18-22(20-23(19-21)33-10-4-1-5-11-33)31-29(35)28(34)26-8-9-27(25-7-3-2-6-24(25)26)37-17-14-32-12-15-36-16-13-32/h2-3,6-9,18-20H,1,4-5,10-17,30H2,(H,31,35). The van der Waals surface area contributed by atoms with E-state index in [4.69, 9.17) is 15.2 Å². The van der Waals surface area contributed by atoms with Crippen molar-refractivity contribution >= 4 is 39.5 Å². The highest BCUT2D eigenvalue weighted by atomic mass is 16.5. The minimum absolute atomic E-state index is 0.341. The third-order valence-corrected chi connectivity index (χ3v) is 7.02. The first-order valence-corrected chi connectivity index (χ1v) is 13.0. The largest absolute Gasteiger partial charge is 0.492 e. The van der Waals surface area contributed by atoms with Crippen LogP contribution >= 0.6 is 0 Å². The van der Waals surface area contributed by atoms with Gasteiger partial charge in [-0.25, -0.2) is 0 Å².